The van der Waals surface area contributed by atoms with Crippen molar-refractivity contribution in [2.75, 3.05) is 18.2 Å². The predicted molar refractivity (Wildman–Crippen MR) is 71.6 cm³/mol. The molecule has 2 rings (SSSR count). The number of hydrogen-bond acceptors (Lipinski definition) is 6. The lowest BCUT2D eigenvalue weighted by molar-refractivity contribution is 0.0602. The number of nitrogens with one attached hydrogen (secondary N) is 1. The lowest BCUT2D eigenvalue weighted by Crippen LogP contribution is -2.07. The first kappa shape index (κ1) is 12.8. The van der Waals surface area contributed by atoms with Crippen LogP contribution in [0.5, 0.6) is 0 Å². The average Bonchev–Trinajstić information content (AvgIpc) is 2.46. The molecule has 0 radical (unpaired) electrons. The van der Waals surface area contributed by atoms with Gasteiger partial charge in [-0.25, -0.2) is 14.8 Å². The SMILES string of the molecule is COC(=O)c1cc(NCc2ccncn2)ccc1N. The van der Waals surface area contributed by atoms with Crippen molar-refractivity contribution in [2.45, 2.75) is 6.54 Å². The van der Waals surface area contributed by atoms with Crippen LogP contribution in [0.2, 0.25) is 0 Å². The van der Waals surface area contributed by atoms with E-state index in [2.05, 4.69) is 20.0 Å². The van der Waals surface area contributed by atoms with Crippen LogP contribution in [-0.4, -0.2) is 23.0 Å². The van der Waals surface area contributed by atoms with Gasteiger partial charge in [0, 0.05) is 17.6 Å². The summed E-state index contributed by atoms with van der Waals surface area (Å²) in [6.45, 7) is 0.535. The molecule has 98 valence electrons. The minimum atomic E-state index is -0.455. The van der Waals surface area contributed by atoms with Crippen molar-refractivity contribution < 1.29 is 9.53 Å². The molecule has 0 atom stereocenters. The second kappa shape index (κ2) is 5.81. The fraction of sp³-hybridized carbons (Fsp3) is 0.154. The van der Waals surface area contributed by atoms with E-state index in [9.17, 15) is 4.79 Å². The maximum Gasteiger partial charge on any atom is 0.340 e. The molecule has 0 saturated heterocycles. The van der Waals surface area contributed by atoms with E-state index < -0.39 is 5.97 Å². The van der Waals surface area contributed by atoms with Crippen LogP contribution in [0.1, 0.15) is 16.1 Å². The fourth-order valence-electron chi connectivity index (χ4n) is 1.57. The van der Waals surface area contributed by atoms with Gasteiger partial charge in [-0.15, -0.1) is 0 Å². The molecule has 0 saturated carbocycles. The van der Waals surface area contributed by atoms with Gasteiger partial charge in [0.05, 0.1) is 24.9 Å². The van der Waals surface area contributed by atoms with Crippen molar-refractivity contribution in [3.05, 3.63) is 48.0 Å². The highest BCUT2D eigenvalue weighted by Crippen LogP contribution is 2.19. The first-order valence-corrected chi connectivity index (χ1v) is 5.67. The van der Waals surface area contributed by atoms with Gasteiger partial charge in [-0.05, 0) is 24.3 Å². The second-order valence-corrected chi connectivity index (χ2v) is 3.85. The molecule has 0 bridgehead atoms. The third-order valence-corrected chi connectivity index (χ3v) is 2.58. The molecule has 0 aliphatic heterocycles. The van der Waals surface area contributed by atoms with Crippen molar-refractivity contribution in [1.82, 2.24) is 9.97 Å². The van der Waals surface area contributed by atoms with Gasteiger partial charge in [-0.2, -0.15) is 0 Å². The number of methoxy groups -OCH3 is 1. The quantitative estimate of drug-likeness (QED) is 0.637. The number of ether oxygens (including phenoxy) is 1. The molecule has 1 heterocycles. The second-order valence-electron chi connectivity index (χ2n) is 3.85. The number of carbonyl (C=O) groups excluding carboxylic acids is 1. The number of aromatic nitrogens is 2. The normalized spacial score (nSPS) is 9.95. The molecular weight excluding hydrogens is 244 g/mol. The molecule has 3 N–H and O–H groups in total. The summed E-state index contributed by atoms with van der Waals surface area (Å²) in [5.74, 6) is -0.455. The average molecular weight is 258 g/mol. The molecule has 0 fully saturated rings. The summed E-state index contributed by atoms with van der Waals surface area (Å²) in [6, 6.07) is 6.92. The van der Waals surface area contributed by atoms with Crippen molar-refractivity contribution in [2.24, 2.45) is 0 Å². The number of carbonyl (C=O) groups is 1. The van der Waals surface area contributed by atoms with Crippen LogP contribution >= 0.6 is 0 Å². The molecule has 1 aromatic carbocycles. The van der Waals surface area contributed by atoms with E-state index in [0.717, 1.165) is 11.4 Å². The Labute approximate surface area is 110 Å². The van der Waals surface area contributed by atoms with E-state index in [4.69, 9.17) is 5.73 Å². The van der Waals surface area contributed by atoms with Gasteiger partial charge in [0.2, 0.25) is 0 Å². The Morgan fingerprint density at radius 2 is 2.26 bits per heavy atom. The van der Waals surface area contributed by atoms with Gasteiger partial charge in [-0.3, -0.25) is 0 Å². The number of esters is 1. The van der Waals surface area contributed by atoms with Crippen LogP contribution < -0.4 is 11.1 Å². The zero-order chi connectivity index (χ0) is 13.7. The van der Waals surface area contributed by atoms with Crippen molar-refractivity contribution in [3.63, 3.8) is 0 Å². The van der Waals surface area contributed by atoms with Gasteiger partial charge in [0.15, 0.2) is 0 Å². The highest BCUT2D eigenvalue weighted by atomic mass is 16.5. The zero-order valence-electron chi connectivity index (χ0n) is 10.5. The van der Waals surface area contributed by atoms with E-state index in [1.807, 2.05) is 6.07 Å². The summed E-state index contributed by atoms with van der Waals surface area (Å²) < 4.78 is 4.67. The lowest BCUT2D eigenvalue weighted by Gasteiger charge is -2.09. The predicted octanol–water partition coefficient (Wildman–Crippen LogP) is 1.46. The highest BCUT2D eigenvalue weighted by Gasteiger charge is 2.10. The summed E-state index contributed by atoms with van der Waals surface area (Å²) >= 11 is 0. The molecule has 0 spiro atoms. The van der Waals surface area contributed by atoms with Crippen molar-refractivity contribution in [1.29, 1.82) is 0 Å². The number of nitrogens with zero attached hydrogens (tertiary/aromatic N) is 2. The first-order chi connectivity index (χ1) is 9.20. The monoisotopic (exact) mass is 258 g/mol. The highest BCUT2D eigenvalue weighted by molar-refractivity contribution is 5.96. The Hall–Kier alpha value is -2.63. The number of rotatable bonds is 4. The van der Waals surface area contributed by atoms with Crippen LogP contribution in [0, 0.1) is 0 Å². The minimum absolute atomic E-state index is 0.343. The van der Waals surface area contributed by atoms with Crippen LogP contribution in [0.3, 0.4) is 0 Å². The van der Waals surface area contributed by atoms with Crippen LogP contribution in [-0.2, 0) is 11.3 Å². The van der Waals surface area contributed by atoms with E-state index in [1.165, 1.54) is 13.4 Å². The summed E-state index contributed by atoms with van der Waals surface area (Å²) in [5.41, 5.74) is 8.08. The van der Waals surface area contributed by atoms with Crippen LogP contribution in [0.25, 0.3) is 0 Å². The molecule has 0 unspecified atom stereocenters. The largest absolute Gasteiger partial charge is 0.465 e. The van der Waals surface area contributed by atoms with Gasteiger partial charge in [0.25, 0.3) is 0 Å². The molecular formula is C13H14N4O2. The molecule has 6 nitrogen and oxygen atoms in total. The maximum atomic E-state index is 11.5. The van der Waals surface area contributed by atoms with Crippen LogP contribution in [0.4, 0.5) is 11.4 Å². The maximum absolute atomic E-state index is 11.5. The van der Waals surface area contributed by atoms with Crippen LogP contribution in [0.15, 0.2) is 36.8 Å². The van der Waals surface area contributed by atoms with Crippen molar-refractivity contribution in [3.8, 4) is 0 Å². The summed E-state index contributed by atoms with van der Waals surface area (Å²) in [5, 5.41) is 3.15. The van der Waals surface area contributed by atoms with E-state index in [0.29, 0.717) is 17.8 Å². The van der Waals surface area contributed by atoms with E-state index in [-0.39, 0.29) is 0 Å². The van der Waals surface area contributed by atoms with E-state index in [1.54, 1.807) is 24.4 Å². The zero-order valence-corrected chi connectivity index (χ0v) is 10.5. The summed E-state index contributed by atoms with van der Waals surface area (Å²) in [7, 11) is 1.32. The number of anilines is 2. The number of nitrogens with two attached hydrogens (primary N) is 1. The molecule has 6 heteroatoms. The molecule has 1 aromatic heterocycles. The molecule has 2 aromatic rings. The molecule has 19 heavy (non-hydrogen) atoms. The summed E-state index contributed by atoms with van der Waals surface area (Å²) in [4.78, 5) is 19.4. The topological polar surface area (TPSA) is 90.1 Å². The smallest absolute Gasteiger partial charge is 0.340 e. The number of hydrogen-bond donors (Lipinski definition) is 2. The Morgan fingerprint density at radius 1 is 1.42 bits per heavy atom. The standard InChI is InChI=1S/C13H14N4O2/c1-19-13(18)11-6-9(2-3-12(11)14)16-7-10-4-5-15-8-17-10/h2-6,8,16H,7,14H2,1H3. The number of benzene rings is 1. The lowest BCUT2D eigenvalue weighted by atomic mass is 10.1. The Kier molecular flexibility index (Phi) is 3.92. The first-order valence-electron chi connectivity index (χ1n) is 5.67. The third kappa shape index (κ3) is 3.19. The Bertz CT molecular complexity index is 572. The Balaban J connectivity index is 2.11. The summed E-state index contributed by atoms with van der Waals surface area (Å²) in [6.07, 6.45) is 3.16. The molecule has 0 aliphatic carbocycles. The third-order valence-electron chi connectivity index (χ3n) is 2.58. The van der Waals surface area contributed by atoms with Gasteiger partial charge >= 0.3 is 5.97 Å². The van der Waals surface area contributed by atoms with Gasteiger partial charge in [0.1, 0.15) is 6.33 Å². The van der Waals surface area contributed by atoms with Gasteiger partial charge in [-0.1, -0.05) is 0 Å². The van der Waals surface area contributed by atoms with E-state index >= 15 is 0 Å². The molecule has 0 aliphatic rings. The number of nitrogen functional groups attached to an aromatic ring is 1. The Morgan fingerprint density at radius 3 is 2.95 bits per heavy atom. The van der Waals surface area contributed by atoms with Gasteiger partial charge < -0.3 is 15.8 Å². The van der Waals surface area contributed by atoms with Crippen molar-refractivity contribution >= 4 is 17.3 Å². The molecule has 0 amide bonds. The fourth-order valence-corrected chi connectivity index (χ4v) is 1.57. The minimum Gasteiger partial charge on any atom is -0.465 e.